The van der Waals surface area contributed by atoms with Crippen molar-refractivity contribution in [2.75, 3.05) is 6.54 Å². The molecule has 0 saturated carbocycles. The second kappa shape index (κ2) is 4.64. The highest BCUT2D eigenvalue weighted by Crippen LogP contribution is 2.31. The summed E-state index contributed by atoms with van der Waals surface area (Å²) in [5.41, 5.74) is 5.22. The molecule has 0 bridgehead atoms. The average Bonchev–Trinajstić information content (AvgIpc) is 2.70. The lowest BCUT2D eigenvalue weighted by Gasteiger charge is -2.18. The minimum atomic E-state index is -1.41. The van der Waals surface area contributed by atoms with E-state index in [0.717, 1.165) is 5.56 Å². The van der Waals surface area contributed by atoms with Gasteiger partial charge in [0.2, 0.25) is 11.8 Å². The minimum absolute atomic E-state index is 0.276. The number of nitrogens with two attached hydrogens (primary N) is 1. The number of halogens is 1. The molecule has 1 heterocycles. The molecule has 0 spiro atoms. The summed E-state index contributed by atoms with van der Waals surface area (Å²) in [5, 5.41) is 2.63. The lowest BCUT2D eigenvalue weighted by Crippen LogP contribution is -2.32. The van der Waals surface area contributed by atoms with Gasteiger partial charge in [-0.2, -0.15) is 0 Å². The van der Waals surface area contributed by atoms with E-state index in [4.69, 9.17) is 5.73 Å². The number of amides is 2. The first-order valence-corrected chi connectivity index (χ1v) is 6.17. The molecule has 5 heteroatoms. The van der Waals surface area contributed by atoms with Crippen LogP contribution in [0.25, 0.3) is 0 Å². The quantitative estimate of drug-likeness (QED) is 0.805. The highest BCUT2D eigenvalue weighted by molar-refractivity contribution is 6.02. The van der Waals surface area contributed by atoms with Gasteiger partial charge in [-0.25, -0.2) is 4.39 Å². The van der Waals surface area contributed by atoms with E-state index < -0.39 is 17.5 Å². The Hall–Kier alpha value is -1.91. The number of hydrogen-bond donors (Lipinski definition) is 2. The fourth-order valence-corrected chi connectivity index (χ4v) is 2.39. The van der Waals surface area contributed by atoms with E-state index in [1.54, 1.807) is 24.3 Å². The fraction of sp³-hybridized carbons (Fsp3) is 0.429. The van der Waals surface area contributed by atoms with Crippen molar-refractivity contribution in [1.29, 1.82) is 0 Å². The molecule has 1 aromatic carbocycles. The molecule has 2 atom stereocenters. The van der Waals surface area contributed by atoms with Crippen LogP contribution in [0.2, 0.25) is 0 Å². The van der Waals surface area contributed by atoms with Gasteiger partial charge in [0.05, 0.1) is 0 Å². The molecular formula is C14H17FN2O2. The predicted octanol–water partition coefficient (Wildman–Crippen LogP) is 1.21. The van der Waals surface area contributed by atoms with Crippen LogP contribution in [0.3, 0.4) is 0 Å². The fourth-order valence-electron chi connectivity index (χ4n) is 2.39. The summed E-state index contributed by atoms with van der Waals surface area (Å²) in [6, 6.07) is 6.85. The van der Waals surface area contributed by atoms with E-state index in [1.807, 2.05) is 0 Å². The number of carbonyl (C=O) groups is 2. The van der Waals surface area contributed by atoms with Crippen LogP contribution < -0.4 is 11.1 Å². The molecule has 2 amide bonds. The predicted molar refractivity (Wildman–Crippen MR) is 69.0 cm³/mol. The third-order valence-electron chi connectivity index (χ3n) is 3.51. The molecular weight excluding hydrogens is 247 g/mol. The smallest absolute Gasteiger partial charge is 0.233 e. The summed E-state index contributed by atoms with van der Waals surface area (Å²) in [6.45, 7) is 3.34. The molecule has 0 radical (unpaired) electrons. The Balaban J connectivity index is 2.28. The number of benzene rings is 1. The molecule has 3 N–H and O–H groups in total. The van der Waals surface area contributed by atoms with Crippen molar-refractivity contribution in [2.45, 2.75) is 25.4 Å². The van der Waals surface area contributed by atoms with E-state index >= 15 is 0 Å². The van der Waals surface area contributed by atoms with Gasteiger partial charge >= 0.3 is 0 Å². The van der Waals surface area contributed by atoms with Gasteiger partial charge in [0.25, 0.3) is 0 Å². The van der Waals surface area contributed by atoms with E-state index in [1.165, 1.54) is 13.8 Å². The first kappa shape index (κ1) is 13.5. The van der Waals surface area contributed by atoms with Crippen molar-refractivity contribution in [3.05, 3.63) is 35.4 Å². The van der Waals surface area contributed by atoms with Crippen LogP contribution in [0.15, 0.2) is 24.3 Å². The van der Waals surface area contributed by atoms with Crippen LogP contribution in [-0.2, 0) is 15.3 Å². The Morgan fingerprint density at radius 1 is 1.37 bits per heavy atom. The molecule has 1 aromatic rings. The van der Waals surface area contributed by atoms with E-state index in [0.29, 0.717) is 12.1 Å². The van der Waals surface area contributed by atoms with E-state index in [2.05, 4.69) is 5.32 Å². The van der Waals surface area contributed by atoms with Gasteiger partial charge in [-0.15, -0.1) is 0 Å². The molecule has 1 fully saturated rings. The summed E-state index contributed by atoms with van der Waals surface area (Å²) >= 11 is 0. The molecule has 0 aliphatic carbocycles. The second-order valence-electron chi connectivity index (χ2n) is 5.33. The van der Waals surface area contributed by atoms with Crippen molar-refractivity contribution in [2.24, 2.45) is 11.7 Å². The molecule has 0 aromatic heterocycles. The Labute approximate surface area is 111 Å². The maximum atomic E-state index is 13.8. The summed E-state index contributed by atoms with van der Waals surface area (Å²) in [6.07, 6.45) is 0. The third kappa shape index (κ3) is 2.59. The van der Waals surface area contributed by atoms with Gasteiger partial charge < -0.3 is 11.1 Å². The van der Waals surface area contributed by atoms with Gasteiger partial charge in [-0.1, -0.05) is 24.3 Å². The first-order chi connectivity index (χ1) is 8.80. The number of primary amides is 1. The Morgan fingerprint density at radius 3 is 2.42 bits per heavy atom. The molecule has 1 aliphatic rings. The Morgan fingerprint density at radius 2 is 1.95 bits per heavy atom. The van der Waals surface area contributed by atoms with Crippen LogP contribution in [-0.4, -0.2) is 18.4 Å². The molecule has 4 nitrogen and oxygen atoms in total. The lowest BCUT2D eigenvalue weighted by atomic mass is 9.86. The van der Waals surface area contributed by atoms with Crippen LogP contribution in [0, 0.1) is 5.92 Å². The summed E-state index contributed by atoms with van der Waals surface area (Å²) in [5.74, 6) is -2.09. The number of nitrogens with one attached hydrogen (secondary N) is 1. The van der Waals surface area contributed by atoms with Gasteiger partial charge in [-0.3, -0.25) is 9.59 Å². The number of rotatable bonds is 3. The van der Waals surface area contributed by atoms with Crippen molar-refractivity contribution in [3.8, 4) is 0 Å². The van der Waals surface area contributed by atoms with E-state index in [9.17, 15) is 14.0 Å². The number of alkyl halides is 1. The molecule has 1 saturated heterocycles. The SMILES string of the molecule is CC(C)(F)c1ccc(C2CNC(=O)C2C(N)=O)cc1. The van der Waals surface area contributed by atoms with Crippen LogP contribution in [0.5, 0.6) is 0 Å². The third-order valence-corrected chi connectivity index (χ3v) is 3.51. The highest BCUT2D eigenvalue weighted by Gasteiger charge is 2.39. The van der Waals surface area contributed by atoms with Crippen LogP contribution in [0.4, 0.5) is 4.39 Å². The molecule has 1 aliphatic heterocycles. The standard InChI is InChI=1S/C14H17FN2O2/c1-14(2,15)9-5-3-8(4-6-9)10-7-17-13(19)11(10)12(16)18/h3-6,10-11H,7H2,1-2H3,(H2,16,18)(H,17,19). The summed E-state index contributed by atoms with van der Waals surface area (Å²) in [4.78, 5) is 22.9. The lowest BCUT2D eigenvalue weighted by molar-refractivity contribution is -0.131. The maximum Gasteiger partial charge on any atom is 0.233 e. The Kier molecular flexibility index (Phi) is 3.30. The van der Waals surface area contributed by atoms with Gasteiger partial charge in [0.15, 0.2) is 0 Å². The van der Waals surface area contributed by atoms with Crippen molar-refractivity contribution >= 4 is 11.8 Å². The molecule has 2 rings (SSSR count). The Bertz CT molecular complexity index is 505. The largest absolute Gasteiger partial charge is 0.369 e. The van der Waals surface area contributed by atoms with E-state index in [-0.39, 0.29) is 11.8 Å². The zero-order chi connectivity index (χ0) is 14.2. The zero-order valence-electron chi connectivity index (χ0n) is 10.9. The molecule has 19 heavy (non-hydrogen) atoms. The van der Waals surface area contributed by atoms with Gasteiger partial charge in [0.1, 0.15) is 11.6 Å². The molecule has 102 valence electrons. The van der Waals surface area contributed by atoms with Gasteiger partial charge in [0, 0.05) is 12.5 Å². The normalized spacial score (nSPS) is 23.2. The minimum Gasteiger partial charge on any atom is -0.369 e. The second-order valence-corrected chi connectivity index (χ2v) is 5.33. The summed E-state index contributed by atoms with van der Waals surface area (Å²) < 4.78 is 13.8. The van der Waals surface area contributed by atoms with Crippen molar-refractivity contribution in [3.63, 3.8) is 0 Å². The summed E-state index contributed by atoms with van der Waals surface area (Å²) in [7, 11) is 0. The van der Waals surface area contributed by atoms with Crippen molar-refractivity contribution in [1.82, 2.24) is 5.32 Å². The van der Waals surface area contributed by atoms with Crippen LogP contribution >= 0.6 is 0 Å². The number of hydrogen-bond acceptors (Lipinski definition) is 2. The maximum absolute atomic E-state index is 13.8. The monoisotopic (exact) mass is 264 g/mol. The van der Waals surface area contributed by atoms with Crippen LogP contribution in [0.1, 0.15) is 30.9 Å². The van der Waals surface area contributed by atoms with Gasteiger partial charge in [-0.05, 0) is 25.0 Å². The molecule has 2 unspecified atom stereocenters. The average molecular weight is 264 g/mol. The first-order valence-electron chi connectivity index (χ1n) is 6.17. The van der Waals surface area contributed by atoms with Crippen molar-refractivity contribution < 1.29 is 14.0 Å². The topological polar surface area (TPSA) is 72.2 Å². The zero-order valence-corrected chi connectivity index (χ0v) is 10.9. The number of carbonyl (C=O) groups excluding carboxylic acids is 2. The highest BCUT2D eigenvalue weighted by atomic mass is 19.1.